The Balaban J connectivity index is 3.41. The lowest BCUT2D eigenvalue weighted by atomic mass is 10.0. The summed E-state index contributed by atoms with van der Waals surface area (Å²) in [5, 5.41) is 23.3. The lowest BCUT2D eigenvalue weighted by Gasteiger charge is -2.22. The zero-order chi connectivity index (χ0) is 40.0. The van der Waals surface area contributed by atoms with Gasteiger partial charge >= 0.3 is 0 Å². The van der Waals surface area contributed by atoms with Gasteiger partial charge in [0.05, 0.1) is 18.8 Å². The fourth-order valence-corrected chi connectivity index (χ4v) is 8.42. The highest BCUT2D eigenvalue weighted by atomic mass is 16.3. The molecule has 0 aromatic carbocycles. The van der Waals surface area contributed by atoms with Crippen molar-refractivity contribution in [3.63, 3.8) is 0 Å². The summed E-state index contributed by atoms with van der Waals surface area (Å²) in [5.74, 6) is -0.0232. The van der Waals surface area contributed by atoms with Crippen molar-refractivity contribution in [1.29, 1.82) is 0 Å². The fraction of sp³-hybridized carbons (Fsp3) is 0.980. The minimum Gasteiger partial charge on any atom is -0.394 e. The van der Waals surface area contributed by atoms with E-state index >= 15 is 0 Å². The van der Waals surface area contributed by atoms with Crippen molar-refractivity contribution in [2.75, 3.05) is 6.61 Å². The van der Waals surface area contributed by atoms with Gasteiger partial charge < -0.3 is 15.5 Å². The Labute approximate surface area is 346 Å². The van der Waals surface area contributed by atoms with Crippen LogP contribution in [0.1, 0.15) is 303 Å². The number of hydrogen-bond acceptors (Lipinski definition) is 3. The highest BCUT2D eigenvalue weighted by Gasteiger charge is 2.20. The van der Waals surface area contributed by atoms with Crippen molar-refractivity contribution in [1.82, 2.24) is 5.32 Å². The van der Waals surface area contributed by atoms with E-state index in [1.54, 1.807) is 0 Å². The fourth-order valence-electron chi connectivity index (χ4n) is 8.42. The predicted octanol–water partition coefficient (Wildman–Crippen LogP) is 16.4. The van der Waals surface area contributed by atoms with Gasteiger partial charge in [0, 0.05) is 6.42 Å². The number of nitrogens with one attached hydrogen (secondary N) is 1. The monoisotopic (exact) mass is 778 g/mol. The van der Waals surface area contributed by atoms with Gasteiger partial charge in [-0.15, -0.1) is 0 Å². The van der Waals surface area contributed by atoms with Crippen LogP contribution in [0.4, 0.5) is 0 Å². The lowest BCUT2D eigenvalue weighted by molar-refractivity contribution is -0.123. The van der Waals surface area contributed by atoms with Crippen LogP contribution in [-0.4, -0.2) is 34.9 Å². The van der Waals surface area contributed by atoms with Gasteiger partial charge in [-0.2, -0.15) is 0 Å². The third-order valence-electron chi connectivity index (χ3n) is 12.4. The smallest absolute Gasteiger partial charge is 0.220 e. The Kier molecular flexibility index (Phi) is 47.2. The standard InChI is InChI=1S/C51H103NO3/c1-3-5-7-9-11-13-15-17-19-21-23-24-25-26-27-28-29-31-33-35-37-39-41-43-45-47-51(55)52-49(48-53)50(54)46-44-42-40-38-36-34-32-30-22-20-18-16-14-12-10-8-6-4-2/h49-50,53-54H,3-48H2,1-2H3,(H,52,55). The Hall–Kier alpha value is -0.610. The molecule has 0 aromatic rings. The molecule has 0 aliphatic rings. The molecule has 330 valence electrons. The van der Waals surface area contributed by atoms with Crippen LogP contribution in [0.15, 0.2) is 0 Å². The molecule has 0 aliphatic carbocycles. The maximum absolute atomic E-state index is 12.5. The number of hydrogen-bond donors (Lipinski definition) is 3. The first-order valence-electron chi connectivity index (χ1n) is 25.7. The van der Waals surface area contributed by atoms with E-state index in [1.807, 2.05) is 0 Å². The Bertz CT molecular complexity index is 714. The quantitative estimate of drug-likeness (QED) is 0.0539. The summed E-state index contributed by atoms with van der Waals surface area (Å²) < 4.78 is 0. The van der Waals surface area contributed by atoms with Gasteiger partial charge in [0.25, 0.3) is 0 Å². The predicted molar refractivity (Wildman–Crippen MR) is 244 cm³/mol. The van der Waals surface area contributed by atoms with Gasteiger partial charge in [0.15, 0.2) is 0 Å². The molecule has 0 radical (unpaired) electrons. The molecule has 4 nitrogen and oxygen atoms in total. The summed E-state index contributed by atoms with van der Waals surface area (Å²) in [5.41, 5.74) is 0. The molecule has 0 saturated carbocycles. The van der Waals surface area contributed by atoms with Crippen LogP contribution in [-0.2, 0) is 4.79 Å². The number of aliphatic hydroxyl groups excluding tert-OH is 2. The van der Waals surface area contributed by atoms with Crippen LogP contribution in [0.3, 0.4) is 0 Å². The molecule has 0 rings (SSSR count). The van der Waals surface area contributed by atoms with E-state index < -0.39 is 12.1 Å². The van der Waals surface area contributed by atoms with E-state index in [1.165, 1.54) is 250 Å². The van der Waals surface area contributed by atoms with Crippen molar-refractivity contribution in [2.45, 2.75) is 315 Å². The highest BCUT2D eigenvalue weighted by Crippen LogP contribution is 2.18. The number of rotatable bonds is 48. The van der Waals surface area contributed by atoms with Gasteiger partial charge in [0.1, 0.15) is 0 Å². The topological polar surface area (TPSA) is 69.6 Å². The molecule has 0 fully saturated rings. The molecule has 4 heteroatoms. The van der Waals surface area contributed by atoms with Crippen LogP contribution in [0.5, 0.6) is 0 Å². The zero-order valence-corrected chi connectivity index (χ0v) is 38.0. The third kappa shape index (κ3) is 44.3. The summed E-state index contributed by atoms with van der Waals surface area (Å²) in [6, 6.07) is -0.530. The molecule has 3 N–H and O–H groups in total. The number of unbranched alkanes of at least 4 members (excludes halogenated alkanes) is 41. The minimum absolute atomic E-state index is 0.0232. The molecule has 55 heavy (non-hydrogen) atoms. The zero-order valence-electron chi connectivity index (χ0n) is 38.0. The van der Waals surface area contributed by atoms with Crippen molar-refractivity contribution in [3.05, 3.63) is 0 Å². The third-order valence-corrected chi connectivity index (χ3v) is 12.4. The number of aliphatic hydroxyl groups is 2. The first-order chi connectivity index (χ1) is 27.2. The van der Waals surface area contributed by atoms with Gasteiger partial charge in [-0.1, -0.05) is 284 Å². The van der Waals surface area contributed by atoms with Crippen molar-refractivity contribution in [2.24, 2.45) is 0 Å². The van der Waals surface area contributed by atoms with E-state index in [0.717, 1.165) is 25.7 Å². The summed E-state index contributed by atoms with van der Waals surface area (Å²) in [6.45, 7) is 4.40. The normalized spacial score (nSPS) is 12.7. The molecule has 2 unspecified atom stereocenters. The first kappa shape index (κ1) is 54.4. The van der Waals surface area contributed by atoms with Gasteiger partial charge in [-0.3, -0.25) is 4.79 Å². The second-order valence-electron chi connectivity index (χ2n) is 18.0. The Morgan fingerprint density at radius 2 is 0.582 bits per heavy atom. The van der Waals surface area contributed by atoms with Crippen molar-refractivity contribution in [3.8, 4) is 0 Å². The lowest BCUT2D eigenvalue weighted by Crippen LogP contribution is -2.45. The molecule has 0 aromatic heterocycles. The largest absolute Gasteiger partial charge is 0.394 e. The summed E-state index contributed by atoms with van der Waals surface area (Å²) in [4.78, 5) is 12.5. The van der Waals surface area contributed by atoms with E-state index in [-0.39, 0.29) is 12.5 Å². The summed E-state index contributed by atoms with van der Waals surface area (Å²) >= 11 is 0. The SMILES string of the molecule is CCCCCCCCCCCCCCCCCCCCCCCCCCCC(=O)NC(CO)C(O)CCCCCCCCCCCCCCCCCCCC. The van der Waals surface area contributed by atoms with Crippen LogP contribution in [0.25, 0.3) is 0 Å². The molecule has 0 bridgehead atoms. The number of carbonyl (C=O) groups excluding carboxylic acids is 1. The van der Waals surface area contributed by atoms with Gasteiger partial charge in [-0.05, 0) is 12.8 Å². The second kappa shape index (κ2) is 47.8. The van der Waals surface area contributed by atoms with E-state index in [2.05, 4.69) is 19.2 Å². The Morgan fingerprint density at radius 1 is 0.364 bits per heavy atom. The molecule has 0 saturated heterocycles. The molecular formula is C51H103NO3. The van der Waals surface area contributed by atoms with Crippen molar-refractivity contribution < 1.29 is 15.0 Å². The summed E-state index contributed by atoms with van der Waals surface area (Å²) in [7, 11) is 0. The maximum atomic E-state index is 12.5. The molecule has 1 amide bonds. The van der Waals surface area contributed by atoms with Gasteiger partial charge in [0.2, 0.25) is 5.91 Å². The molecule has 0 heterocycles. The van der Waals surface area contributed by atoms with E-state index in [0.29, 0.717) is 12.8 Å². The average Bonchev–Trinajstić information content (AvgIpc) is 3.19. The Morgan fingerprint density at radius 3 is 0.818 bits per heavy atom. The molecule has 2 atom stereocenters. The van der Waals surface area contributed by atoms with Crippen molar-refractivity contribution >= 4 is 5.91 Å². The first-order valence-corrected chi connectivity index (χ1v) is 25.7. The second-order valence-corrected chi connectivity index (χ2v) is 18.0. The number of carbonyl (C=O) groups is 1. The molecule has 0 spiro atoms. The van der Waals surface area contributed by atoms with Gasteiger partial charge in [-0.25, -0.2) is 0 Å². The summed E-state index contributed by atoms with van der Waals surface area (Å²) in [6.07, 6.45) is 59.3. The average molecular weight is 778 g/mol. The van der Waals surface area contributed by atoms with E-state index in [9.17, 15) is 15.0 Å². The van der Waals surface area contributed by atoms with E-state index in [4.69, 9.17) is 0 Å². The van der Waals surface area contributed by atoms with Crippen LogP contribution in [0.2, 0.25) is 0 Å². The molecular weight excluding hydrogens is 675 g/mol. The van der Waals surface area contributed by atoms with Crippen LogP contribution < -0.4 is 5.32 Å². The van der Waals surface area contributed by atoms with Crippen LogP contribution in [0, 0.1) is 0 Å². The van der Waals surface area contributed by atoms with Crippen LogP contribution >= 0.6 is 0 Å². The molecule has 0 aliphatic heterocycles. The maximum Gasteiger partial charge on any atom is 0.220 e. The number of amides is 1. The minimum atomic E-state index is -0.654. The highest BCUT2D eigenvalue weighted by molar-refractivity contribution is 5.76.